The number of hydrogen-bond acceptors (Lipinski definition) is 6. The lowest BCUT2D eigenvalue weighted by molar-refractivity contribution is 0.600. The van der Waals surface area contributed by atoms with Gasteiger partial charge in [0, 0.05) is 25.6 Å². The minimum atomic E-state index is -3.70. The number of rotatable bonds is 4. The van der Waals surface area contributed by atoms with Gasteiger partial charge in [0.05, 0.1) is 0 Å². The lowest BCUT2D eigenvalue weighted by Gasteiger charge is -2.06. The van der Waals surface area contributed by atoms with Crippen molar-refractivity contribution in [2.75, 3.05) is 17.1 Å². The summed E-state index contributed by atoms with van der Waals surface area (Å²) in [5.74, 6) is 0.611. The molecule has 7 nitrogen and oxygen atoms in total. The molecule has 2 aromatic heterocycles. The first-order valence-electron chi connectivity index (χ1n) is 5.05. The van der Waals surface area contributed by atoms with Gasteiger partial charge in [-0.25, -0.2) is 28.1 Å². The van der Waals surface area contributed by atoms with E-state index in [0.717, 1.165) is 0 Å². The van der Waals surface area contributed by atoms with Gasteiger partial charge < -0.3 is 5.32 Å². The highest BCUT2D eigenvalue weighted by Gasteiger charge is 2.15. The highest BCUT2D eigenvalue weighted by molar-refractivity contribution is 7.92. The summed E-state index contributed by atoms with van der Waals surface area (Å²) in [6, 6.07) is 4.62. The van der Waals surface area contributed by atoms with Crippen LogP contribution < -0.4 is 10.0 Å². The zero-order valence-electron chi connectivity index (χ0n) is 9.53. The van der Waals surface area contributed by atoms with Gasteiger partial charge in [0.15, 0.2) is 0 Å². The molecule has 18 heavy (non-hydrogen) atoms. The van der Waals surface area contributed by atoms with Crippen LogP contribution >= 0.6 is 0 Å². The third-order valence-corrected chi connectivity index (χ3v) is 3.41. The molecule has 2 N–H and O–H groups in total. The van der Waals surface area contributed by atoms with E-state index in [0.29, 0.717) is 5.82 Å². The monoisotopic (exact) mass is 265 g/mol. The standard InChI is InChI=1S/C10H11N5O2S/c1-11-9-4-3-8(7-14-9)18(16,17)15-10-12-5-2-6-13-10/h2-7H,1H3,(H,11,14)(H,12,13,15). The van der Waals surface area contributed by atoms with Crippen molar-refractivity contribution in [1.82, 2.24) is 15.0 Å². The molecule has 0 saturated carbocycles. The quantitative estimate of drug-likeness (QED) is 0.845. The molecule has 0 unspecified atom stereocenters. The second-order valence-electron chi connectivity index (χ2n) is 3.31. The molecule has 0 bridgehead atoms. The van der Waals surface area contributed by atoms with Crippen molar-refractivity contribution >= 4 is 21.8 Å². The molecule has 0 amide bonds. The Hall–Kier alpha value is -2.22. The average molecular weight is 265 g/mol. The normalized spacial score (nSPS) is 10.9. The van der Waals surface area contributed by atoms with E-state index in [-0.39, 0.29) is 10.8 Å². The van der Waals surface area contributed by atoms with Crippen LogP contribution in [0.3, 0.4) is 0 Å². The van der Waals surface area contributed by atoms with Crippen molar-refractivity contribution in [1.29, 1.82) is 0 Å². The molecule has 2 heterocycles. The first-order chi connectivity index (χ1) is 8.62. The minimum absolute atomic E-state index is 0.0233. The summed E-state index contributed by atoms with van der Waals surface area (Å²) in [6.45, 7) is 0. The molecule has 0 aliphatic heterocycles. The van der Waals surface area contributed by atoms with Crippen LogP contribution in [0.4, 0.5) is 11.8 Å². The molecular weight excluding hydrogens is 254 g/mol. The lowest BCUT2D eigenvalue weighted by Crippen LogP contribution is -2.15. The summed E-state index contributed by atoms with van der Waals surface area (Å²) in [6.07, 6.45) is 4.16. The van der Waals surface area contributed by atoms with Crippen LogP contribution in [0, 0.1) is 0 Å². The summed E-state index contributed by atoms with van der Waals surface area (Å²) in [7, 11) is -2.00. The maximum atomic E-state index is 11.9. The summed E-state index contributed by atoms with van der Waals surface area (Å²) in [5.41, 5.74) is 0. The number of hydrogen-bond donors (Lipinski definition) is 2. The Morgan fingerprint density at radius 3 is 2.39 bits per heavy atom. The third-order valence-electron chi connectivity index (χ3n) is 2.09. The predicted octanol–water partition coefficient (Wildman–Crippen LogP) is 0.714. The third kappa shape index (κ3) is 2.72. The van der Waals surface area contributed by atoms with Gasteiger partial charge in [-0.15, -0.1) is 0 Å². The van der Waals surface area contributed by atoms with Crippen LogP contribution in [0.1, 0.15) is 0 Å². The molecule has 0 radical (unpaired) electrons. The molecule has 2 aromatic rings. The van der Waals surface area contributed by atoms with Gasteiger partial charge in [-0.05, 0) is 18.2 Å². The van der Waals surface area contributed by atoms with Gasteiger partial charge in [-0.1, -0.05) is 0 Å². The number of anilines is 2. The highest BCUT2D eigenvalue weighted by atomic mass is 32.2. The molecule has 0 fully saturated rings. The zero-order valence-corrected chi connectivity index (χ0v) is 10.3. The fourth-order valence-electron chi connectivity index (χ4n) is 1.22. The molecule has 0 spiro atoms. The number of nitrogens with one attached hydrogen (secondary N) is 2. The topological polar surface area (TPSA) is 96.9 Å². The maximum Gasteiger partial charge on any atom is 0.265 e. The van der Waals surface area contributed by atoms with Gasteiger partial charge in [-0.2, -0.15) is 0 Å². The van der Waals surface area contributed by atoms with Gasteiger partial charge in [0.2, 0.25) is 5.95 Å². The Bertz CT molecular complexity index is 612. The molecule has 2 rings (SSSR count). The predicted molar refractivity (Wildman–Crippen MR) is 66.6 cm³/mol. The first-order valence-corrected chi connectivity index (χ1v) is 6.54. The number of pyridine rings is 1. The molecule has 94 valence electrons. The summed E-state index contributed by atoms with van der Waals surface area (Å²) in [5, 5.41) is 2.80. The molecule has 0 aromatic carbocycles. The molecule has 0 aliphatic rings. The second-order valence-corrected chi connectivity index (χ2v) is 4.99. The zero-order chi connectivity index (χ0) is 13.0. The van der Waals surface area contributed by atoms with Crippen LogP contribution in [-0.2, 0) is 10.0 Å². The largest absolute Gasteiger partial charge is 0.373 e. The summed E-state index contributed by atoms with van der Waals surface area (Å²) < 4.78 is 26.2. The first kappa shape index (κ1) is 12.2. The van der Waals surface area contributed by atoms with Gasteiger partial charge in [0.25, 0.3) is 10.0 Å². The lowest BCUT2D eigenvalue weighted by atomic mass is 10.5. The van der Waals surface area contributed by atoms with Crippen LogP contribution in [0.2, 0.25) is 0 Å². The van der Waals surface area contributed by atoms with Crippen molar-refractivity contribution in [3.8, 4) is 0 Å². The SMILES string of the molecule is CNc1ccc(S(=O)(=O)Nc2ncccn2)cn1. The van der Waals surface area contributed by atoms with Gasteiger partial charge in [-0.3, -0.25) is 0 Å². The molecule has 8 heteroatoms. The molecule has 0 aliphatic carbocycles. The van der Waals surface area contributed by atoms with Gasteiger partial charge in [0.1, 0.15) is 10.7 Å². The number of sulfonamides is 1. The van der Waals surface area contributed by atoms with Crippen molar-refractivity contribution < 1.29 is 8.42 Å². The van der Waals surface area contributed by atoms with Crippen molar-refractivity contribution in [3.63, 3.8) is 0 Å². The second kappa shape index (κ2) is 4.96. The Labute approximate surface area is 104 Å². The molecule has 0 atom stereocenters. The highest BCUT2D eigenvalue weighted by Crippen LogP contribution is 2.13. The van der Waals surface area contributed by atoms with Crippen LogP contribution in [0.25, 0.3) is 0 Å². The van der Waals surface area contributed by atoms with Gasteiger partial charge >= 0.3 is 0 Å². The van der Waals surface area contributed by atoms with E-state index in [1.54, 1.807) is 19.2 Å². The Balaban J connectivity index is 2.25. The van der Waals surface area contributed by atoms with Crippen molar-refractivity contribution in [3.05, 3.63) is 36.8 Å². The minimum Gasteiger partial charge on any atom is -0.373 e. The average Bonchev–Trinajstić information content (AvgIpc) is 2.39. The van der Waals surface area contributed by atoms with E-state index in [4.69, 9.17) is 0 Å². The van der Waals surface area contributed by atoms with E-state index >= 15 is 0 Å². The molecular formula is C10H11N5O2S. The fraction of sp³-hybridized carbons (Fsp3) is 0.100. The van der Waals surface area contributed by atoms with E-state index < -0.39 is 10.0 Å². The molecule has 0 saturated heterocycles. The van der Waals surface area contributed by atoms with E-state index in [9.17, 15) is 8.42 Å². The van der Waals surface area contributed by atoms with E-state index in [1.807, 2.05) is 0 Å². The summed E-state index contributed by atoms with van der Waals surface area (Å²) >= 11 is 0. The van der Waals surface area contributed by atoms with Crippen molar-refractivity contribution in [2.45, 2.75) is 4.90 Å². The number of nitrogens with zero attached hydrogens (tertiary/aromatic N) is 3. The number of aromatic nitrogens is 3. The van der Waals surface area contributed by atoms with Crippen LogP contribution in [-0.4, -0.2) is 30.4 Å². The maximum absolute atomic E-state index is 11.9. The van der Waals surface area contributed by atoms with E-state index in [2.05, 4.69) is 25.0 Å². The van der Waals surface area contributed by atoms with Crippen LogP contribution in [0.15, 0.2) is 41.7 Å². The Kier molecular flexibility index (Phi) is 3.38. The van der Waals surface area contributed by atoms with E-state index in [1.165, 1.54) is 24.7 Å². The van der Waals surface area contributed by atoms with Crippen molar-refractivity contribution in [2.24, 2.45) is 0 Å². The fourth-order valence-corrected chi connectivity index (χ4v) is 2.12. The van der Waals surface area contributed by atoms with Crippen LogP contribution in [0.5, 0.6) is 0 Å². The smallest absolute Gasteiger partial charge is 0.265 e. The summed E-state index contributed by atoms with van der Waals surface area (Å²) in [4.78, 5) is 11.6. The Morgan fingerprint density at radius 1 is 1.11 bits per heavy atom. The Morgan fingerprint density at radius 2 is 1.83 bits per heavy atom.